The van der Waals surface area contributed by atoms with E-state index in [0.29, 0.717) is 24.5 Å². The minimum Gasteiger partial charge on any atom is -0.361 e. The number of nitrogens with zero attached hydrogens (tertiary/aromatic N) is 1. The van der Waals surface area contributed by atoms with Gasteiger partial charge in [0.05, 0.1) is 10.6 Å². The fraction of sp³-hybridized carbons (Fsp3) is 0.150. The lowest BCUT2D eigenvalue weighted by atomic mass is 9.98. The second kappa shape index (κ2) is 6.78. The molecule has 1 aliphatic rings. The number of carbonyl (C=O) groups is 1. The van der Waals surface area contributed by atoms with Crippen molar-refractivity contribution >= 4 is 45.6 Å². The number of hydrogen-bond donors (Lipinski definition) is 1. The number of carbonyl (C=O) groups excluding carboxylic acids is 1. The van der Waals surface area contributed by atoms with Gasteiger partial charge in [0.25, 0.3) is 5.91 Å². The molecule has 2 aromatic carbocycles. The predicted molar refractivity (Wildman–Crippen MR) is 103 cm³/mol. The zero-order valence-electron chi connectivity index (χ0n) is 13.7. The van der Waals surface area contributed by atoms with Gasteiger partial charge >= 0.3 is 0 Å². The summed E-state index contributed by atoms with van der Waals surface area (Å²) in [4.78, 5) is 17.5. The van der Waals surface area contributed by atoms with Gasteiger partial charge in [0.2, 0.25) is 0 Å². The van der Waals surface area contributed by atoms with Crippen LogP contribution in [-0.2, 0) is 0 Å². The van der Waals surface area contributed by atoms with Crippen LogP contribution >= 0.6 is 23.2 Å². The summed E-state index contributed by atoms with van der Waals surface area (Å²) < 4.78 is 14.0. The first-order chi connectivity index (χ1) is 12.5. The highest BCUT2D eigenvalue weighted by molar-refractivity contribution is 6.33. The lowest BCUT2D eigenvalue weighted by Crippen LogP contribution is -2.35. The first-order valence-corrected chi connectivity index (χ1v) is 8.99. The number of halogens is 3. The molecular formula is C20H15Cl2FN2O. The van der Waals surface area contributed by atoms with Gasteiger partial charge in [0, 0.05) is 40.8 Å². The largest absolute Gasteiger partial charge is 0.361 e. The highest BCUT2D eigenvalue weighted by Crippen LogP contribution is 2.31. The van der Waals surface area contributed by atoms with Crippen molar-refractivity contribution in [2.75, 3.05) is 13.1 Å². The van der Waals surface area contributed by atoms with Gasteiger partial charge in [-0.3, -0.25) is 4.79 Å². The highest BCUT2D eigenvalue weighted by atomic mass is 35.5. The molecule has 3 aromatic rings. The van der Waals surface area contributed by atoms with E-state index >= 15 is 0 Å². The van der Waals surface area contributed by atoms with Gasteiger partial charge in [-0.2, -0.15) is 0 Å². The number of nitrogens with one attached hydrogen (secondary N) is 1. The van der Waals surface area contributed by atoms with Crippen molar-refractivity contribution in [2.24, 2.45) is 0 Å². The van der Waals surface area contributed by atoms with Crippen molar-refractivity contribution in [2.45, 2.75) is 6.42 Å². The van der Waals surface area contributed by atoms with Crippen molar-refractivity contribution < 1.29 is 9.18 Å². The van der Waals surface area contributed by atoms with Gasteiger partial charge in [-0.1, -0.05) is 35.3 Å². The molecule has 2 heterocycles. The average Bonchev–Trinajstić information content (AvgIpc) is 3.04. The molecule has 0 fully saturated rings. The Morgan fingerprint density at radius 2 is 2.04 bits per heavy atom. The van der Waals surface area contributed by atoms with Crippen LogP contribution in [0.5, 0.6) is 0 Å². The highest BCUT2D eigenvalue weighted by Gasteiger charge is 2.24. The number of benzene rings is 2. The van der Waals surface area contributed by atoms with Crippen molar-refractivity contribution in [3.8, 4) is 0 Å². The van der Waals surface area contributed by atoms with E-state index in [4.69, 9.17) is 23.2 Å². The fourth-order valence-corrected chi connectivity index (χ4v) is 3.73. The molecule has 4 rings (SSSR count). The number of rotatable bonds is 2. The fourth-order valence-electron chi connectivity index (χ4n) is 3.32. The van der Waals surface area contributed by atoms with Gasteiger partial charge in [0.15, 0.2) is 0 Å². The molecule has 0 unspecified atom stereocenters. The maximum absolute atomic E-state index is 14.0. The Balaban J connectivity index is 1.60. The zero-order chi connectivity index (χ0) is 18.3. The quantitative estimate of drug-likeness (QED) is 0.614. The second-order valence-corrected chi connectivity index (χ2v) is 7.06. The van der Waals surface area contributed by atoms with Crippen LogP contribution in [0.2, 0.25) is 10.0 Å². The van der Waals surface area contributed by atoms with Gasteiger partial charge in [-0.25, -0.2) is 4.39 Å². The number of fused-ring (bicyclic) bond motifs is 1. The van der Waals surface area contributed by atoms with Crippen LogP contribution in [0.25, 0.3) is 16.5 Å². The minimum atomic E-state index is -0.594. The van der Waals surface area contributed by atoms with E-state index in [1.54, 1.807) is 4.90 Å². The van der Waals surface area contributed by atoms with Gasteiger partial charge in [-0.05, 0) is 42.3 Å². The first-order valence-electron chi connectivity index (χ1n) is 8.24. The van der Waals surface area contributed by atoms with Crippen LogP contribution in [0, 0.1) is 5.82 Å². The molecule has 26 heavy (non-hydrogen) atoms. The Kier molecular flexibility index (Phi) is 4.47. The monoisotopic (exact) mass is 388 g/mol. The summed E-state index contributed by atoms with van der Waals surface area (Å²) in [7, 11) is 0. The van der Waals surface area contributed by atoms with Crippen LogP contribution in [0.15, 0.2) is 48.7 Å². The molecule has 1 N–H and O–H groups in total. The van der Waals surface area contributed by atoms with E-state index < -0.39 is 5.82 Å². The minimum absolute atomic E-state index is 0.0649. The second-order valence-electron chi connectivity index (χ2n) is 6.22. The maximum Gasteiger partial charge on any atom is 0.258 e. The summed E-state index contributed by atoms with van der Waals surface area (Å²) in [6, 6.07) is 9.99. The number of aromatic nitrogens is 1. The topological polar surface area (TPSA) is 36.1 Å². The maximum atomic E-state index is 14.0. The molecule has 0 saturated carbocycles. The molecule has 0 radical (unpaired) electrons. The smallest absolute Gasteiger partial charge is 0.258 e. The number of H-pyrrole nitrogens is 1. The number of aromatic amines is 1. The molecule has 6 heteroatoms. The summed E-state index contributed by atoms with van der Waals surface area (Å²) in [5.41, 5.74) is 3.17. The van der Waals surface area contributed by atoms with Crippen LogP contribution in [0.3, 0.4) is 0 Å². The predicted octanol–water partition coefficient (Wildman–Crippen LogP) is 5.54. The van der Waals surface area contributed by atoms with Crippen LogP contribution in [0.4, 0.5) is 4.39 Å². The summed E-state index contributed by atoms with van der Waals surface area (Å²) in [6.07, 6.45) is 4.63. The van der Waals surface area contributed by atoms with Gasteiger partial charge in [0.1, 0.15) is 5.82 Å². The van der Waals surface area contributed by atoms with Crippen LogP contribution < -0.4 is 0 Å². The van der Waals surface area contributed by atoms with Crippen molar-refractivity contribution in [3.05, 3.63) is 75.7 Å². The SMILES string of the molecule is O=C(c1c(F)cccc1Cl)N1CC=C(c2c[nH]c3ccc(Cl)cc23)CC1. The van der Waals surface area contributed by atoms with Crippen molar-refractivity contribution in [3.63, 3.8) is 0 Å². The lowest BCUT2D eigenvalue weighted by molar-refractivity contribution is 0.0768. The van der Waals surface area contributed by atoms with Crippen LogP contribution in [0.1, 0.15) is 22.3 Å². The Morgan fingerprint density at radius 1 is 1.19 bits per heavy atom. The lowest BCUT2D eigenvalue weighted by Gasteiger charge is -2.27. The third kappa shape index (κ3) is 3.00. The molecular weight excluding hydrogens is 374 g/mol. The number of hydrogen-bond acceptors (Lipinski definition) is 1. The summed E-state index contributed by atoms with van der Waals surface area (Å²) in [6.45, 7) is 0.911. The molecule has 0 spiro atoms. The van der Waals surface area contributed by atoms with Crippen molar-refractivity contribution in [1.29, 1.82) is 0 Å². The van der Waals surface area contributed by atoms with Crippen molar-refractivity contribution in [1.82, 2.24) is 9.88 Å². The molecule has 1 aliphatic heterocycles. The number of amides is 1. The Labute approximate surface area is 160 Å². The standard InChI is InChI=1S/C20H15Cl2FN2O/c21-13-4-5-18-14(10-13)15(11-24-18)12-6-8-25(9-7-12)20(26)19-16(22)2-1-3-17(19)23/h1-6,10-11,24H,7-9H2. The van der Waals surface area contributed by atoms with E-state index in [1.807, 2.05) is 30.5 Å². The summed E-state index contributed by atoms with van der Waals surface area (Å²) >= 11 is 12.1. The Bertz CT molecular complexity index is 1020. The Morgan fingerprint density at radius 3 is 2.77 bits per heavy atom. The van der Waals surface area contributed by atoms with E-state index in [-0.39, 0.29) is 16.5 Å². The summed E-state index contributed by atoms with van der Waals surface area (Å²) in [5, 5.41) is 1.87. The van der Waals surface area contributed by atoms with Gasteiger partial charge < -0.3 is 9.88 Å². The molecule has 1 amide bonds. The van der Waals surface area contributed by atoms with E-state index in [2.05, 4.69) is 4.98 Å². The molecule has 0 bridgehead atoms. The molecule has 1 aromatic heterocycles. The third-order valence-corrected chi connectivity index (χ3v) is 5.21. The van der Waals surface area contributed by atoms with E-state index in [0.717, 1.165) is 22.0 Å². The Hall–Kier alpha value is -2.30. The average molecular weight is 389 g/mol. The van der Waals surface area contributed by atoms with E-state index in [1.165, 1.54) is 18.2 Å². The zero-order valence-corrected chi connectivity index (χ0v) is 15.2. The molecule has 0 saturated heterocycles. The molecule has 0 aliphatic carbocycles. The molecule has 0 atom stereocenters. The normalized spacial score (nSPS) is 14.6. The summed E-state index contributed by atoms with van der Waals surface area (Å²) in [5.74, 6) is -0.978. The first kappa shape index (κ1) is 17.1. The molecule has 132 valence electrons. The van der Waals surface area contributed by atoms with E-state index in [9.17, 15) is 9.18 Å². The molecule has 3 nitrogen and oxygen atoms in total. The van der Waals surface area contributed by atoms with Crippen LogP contribution in [-0.4, -0.2) is 28.9 Å². The van der Waals surface area contributed by atoms with Gasteiger partial charge in [-0.15, -0.1) is 0 Å². The third-order valence-electron chi connectivity index (χ3n) is 4.66.